The fraction of sp³-hybridized carbons (Fsp3) is 0.633. The van der Waals surface area contributed by atoms with E-state index < -0.39 is 0 Å². The number of pyridine rings is 1. The number of hydrogen-bond donors (Lipinski definition) is 0. The minimum absolute atomic E-state index is 0.726. The van der Waals surface area contributed by atoms with E-state index in [-0.39, 0.29) is 0 Å². The summed E-state index contributed by atoms with van der Waals surface area (Å²) in [5.74, 6) is 3.44. The summed E-state index contributed by atoms with van der Waals surface area (Å²) in [6.45, 7) is 4.65. The predicted molar refractivity (Wildman–Crippen MR) is 134 cm³/mol. The van der Waals surface area contributed by atoms with Gasteiger partial charge in [0.1, 0.15) is 0 Å². The molecule has 1 heterocycles. The fourth-order valence-corrected chi connectivity index (χ4v) is 6.12. The van der Waals surface area contributed by atoms with Crippen LogP contribution in [0, 0.1) is 11.8 Å². The van der Waals surface area contributed by atoms with Crippen LogP contribution >= 0.6 is 0 Å². The van der Waals surface area contributed by atoms with Gasteiger partial charge in [0.05, 0.1) is 5.69 Å². The standard InChI is InChI=1S/C30H43N/c1-3-5-6-7-24-10-14-25(15-11-24)26-16-18-28(19-17-26)30-21-20-29(22-31-30)27-12-8-23(4-2)9-13-27/h16-25,27H,3-15H2,1-2H3. The van der Waals surface area contributed by atoms with Gasteiger partial charge >= 0.3 is 0 Å². The van der Waals surface area contributed by atoms with Crippen molar-refractivity contribution in [2.24, 2.45) is 11.8 Å². The summed E-state index contributed by atoms with van der Waals surface area (Å²) in [7, 11) is 0. The van der Waals surface area contributed by atoms with Crippen molar-refractivity contribution in [3.63, 3.8) is 0 Å². The van der Waals surface area contributed by atoms with E-state index in [9.17, 15) is 0 Å². The second-order valence-electron chi connectivity index (χ2n) is 10.4. The van der Waals surface area contributed by atoms with Gasteiger partial charge in [-0.15, -0.1) is 0 Å². The van der Waals surface area contributed by atoms with Gasteiger partial charge in [0.15, 0.2) is 0 Å². The summed E-state index contributed by atoms with van der Waals surface area (Å²) in [6, 6.07) is 13.9. The van der Waals surface area contributed by atoms with Gasteiger partial charge in [-0.1, -0.05) is 76.3 Å². The first kappa shape index (κ1) is 22.6. The summed E-state index contributed by atoms with van der Waals surface area (Å²) in [5, 5.41) is 0. The van der Waals surface area contributed by atoms with Gasteiger partial charge in [-0.3, -0.25) is 4.98 Å². The maximum absolute atomic E-state index is 4.85. The predicted octanol–water partition coefficient (Wildman–Crippen LogP) is 9.29. The molecule has 0 amide bonds. The van der Waals surface area contributed by atoms with E-state index in [0.29, 0.717) is 0 Å². The normalized spacial score (nSPS) is 26.6. The molecule has 0 spiro atoms. The molecule has 1 heteroatoms. The smallest absolute Gasteiger partial charge is 0.0702 e. The van der Waals surface area contributed by atoms with Gasteiger partial charge in [-0.25, -0.2) is 0 Å². The van der Waals surface area contributed by atoms with Crippen LogP contribution < -0.4 is 0 Å². The van der Waals surface area contributed by atoms with E-state index in [1.54, 1.807) is 5.56 Å². The number of benzene rings is 1. The van der Waals surface area contributed by atoms with Crippen molar-refractivity contribution < 1.29 is 0 Å². The second-order valence-corrected chi connectivity index (χ2v) is 10.4. The lowest BCUT2D eigenvalue weighted by Crippen LogP contribution is -2.13. The highest BCUT2D eigenvalue weighted by molar-refractivity contribution is 5.59. The number of hydrogen-bond acceptors (Lipinski definition) is 1. The molecule has 2 aromatic rings. The minimum Gasteiger partial charge on any atom is -0.256 e. The Morgan fingerprint density at radius 2 is 1.29 bits per heavy atom. The molecule has 0 saturated heterocycles. The third kappa shape index (κ3) is 5.99. The quantitative estimate of drug-likeness (QED) is 0.390. The van der Waals surface area contributed by atoms with Crippen molar-refractivity contribution in [1.82, 2.24) is 4.98 Å². The molecule has 2 aliphatic rings. The van der Waals surface area contributed by atoms with E-state index in [4.69, 9.17) is 4.98 Å². The van der Waals surface area contributed by atoms with Crippen LogP contribution in [0.5, 0.6) is 0 Å². The van der Waals surface area contributed by atoms with Crippen LogP contribution in [0.25, 0.3) is 11.3 Å². The summed E-state index contributed by atoms with van der Waals surface area (Å²) < 4.78 is 0. The SMILES string of the molecule is CCCCCC1CCC(c2ccc(-c3ccc(C4CCC(CC)CC4)cn3)cc2)CC1. The third-order valence-corrected chi connectivity index (χ3v) is 8.42. The molecule has 31 heavy (non-hydrogen) atoms. The van der Waals surface area contributed by atoms with E-state index in [2.05, 4.69) is 56.4 Å². The van der Waals surface area contributed by atoms with Crippen molar-refractivity contribution in [2.45, 2.75) is 109 Å². The van der Waals surface area contributed by atoms with Crippen molar-refractivity contribution in [2.75, 3.05) is 0 Å². The highest BCUT2D eigenvalue weighted by Gasteiger charge is 2.23. The molecule has 0 N–H and O–H groups in total. The topological polar surface area (TPSA) is 12.9 Å². The molecule has 0 radical (unpaired) electrons. The van der Waals surface area contributed by atoms with Crippen molar-refractivity contribution >= 4 is 0 Å². The molecule has 0 atom stereocenters. The van der Waals surface area contributed by atoms with E-state index in [1.807, 2.05) is 0 Å². The van der Waals surface area contributed by atoms with Gasteiger partial charge in [0, 0.05) is 11.8 Å². The molecule has 0 aliphatic heterocycles. The third-order valence-electron chi connectivity index (χ3n) is 8.42. The second kappa shape index (κ2) is 11.3. The molecular weight excluding hydrogens is 374 g/mol. The molecule has 0 bridgehead atoms. The highest BCUT2D eigenvalue weighted by Crippen LogP contribution is 2.39. The Labute approximate surface area is 191 Å². The highest BCUT2D eigenvalue weighted by atomic mass is 14.7. The van der Waals surface area contributed by atoms with Gasteiger partial charge in [-0.2, -0.15) is 0 Å². The molecule has 1 nitrogen and oxygen atoms in total. The molecule has 1 aromatic heterocycles. The van der Waals surface area contributed by atoms with Crippen molar-refractivity contribution in [3.8, 4) is 11.3 Å². The maximum Gasteiger partial charge on any atom is 0.0702 e. The summed E-state index contributed by atoms with van der Waals surface area (Å²) >= 11 is 0. The van der Waals surface area contributed by atoms with Gasteiger partial charge in [-0.05, 0) is 92.2 Å². The number of aromatic nitrogens is 1. The average molecular weight is 418 g/mol. The van der Waals surface area contributed by atoms with Crippen LogP contribution in [0.4, 0.5) is 0 Å². The first-order valence-corrected chi connectivity index (χ1v) is 13.3. The van der Waals surface area contributed by atoms with Crippen LogP contribution in [0.3, 0.4) is 0 Å². The molecule has 0 unspecified atom stereocenters. The van der Waals surface area contributed by atoms with Crippen molar-refractivity contribution in [1.29, 1.82) is 0 Å². The molecule has 168 valence electrons. The Morgan fingerprint density at radius 1 is 0.677 bits per heavy atom. The summed E-state index contributed by atoms with van der Waals surface area (Å²) in [5.41, 5.74) is 5.38. The Balaban J connectivity index is 1.30. The zero-order valence-corrected chi connectivity index (χ0v) is 20.0. The van der Waals surface area contributed by atoms with Gasteiger partial charge in [0.2, 0.25) is 0 Å². The maximum atomic E-state index is 4.85. The van der Waals surface area contributed by atoms with E-state index >= 15 is 0 Å². The lowest BCUT2D eigenvalue weighted by atomic mass is 9.77. The zero-order chi connectivity index (χ0) is 21.5. The fourth-order valence-electron chi connectivity index (χ4n) is 6.12. The minimum atomic E-state index is 0.726. The largest absolute Gasteiger partial charge is 0.256 e. The van der Waals surface area contributed by atoms with Crippen LogP contribution in [0.15, 0.2) is 42.6 Å². The number of rotatable bonds is 8. The Morgan fingerprint density at radius 3 is 1.87 bits per heavy atom. The summed E-state index contributed by atoms with van der Waals surface area (Å²) in [6.07, 6.45) is 20.2. The molecule has 4 rings (SSSR count). The molecule has 2 aliphatic carbocycles. The van der Waals surface area contributed by atoms with Gasteiger partial charge in [0.25, 0.3) is 0 Å². The zero-order valence-electron chi connectivity index (χ0n) is 20.0. The first-order valence-electron chi connectivity index (χ1n) is 13.3. The first-order chi connectivity index (χ1) is 15.3. The van der Waals surface area contributed by atoms with Crippen LogP contribution in [0.1, 0.15) is 120 Å². The Bertz CT molecular complexity index is 759. The van der Waals surface area contributed by atoms with E-state index in [1.165, 1.54) is 94.6 Å². The van der Waals surface area contributed by atoms with Crippen LogP contribution in [-0.4, -0.2) is 4.98 Å². The molecular formula is C30H43N. The Kier molecular flexibility index (Phi) is 8.22. The number of unbranched alkanes of at least 4 members (excludes halogenated alkanes) is 2. The van der Waals surface area contributed by atoms with Crippen molar-refractivity contribution in [3.05, 3.63) is 53.7 Å². The summed E-state index contributed by atoms with van der Waals surface area (Å²) in [4.78, 5) is 4.85. The lowest BCUT2D eigenvalue weighted by Gasteiger charge is -2.29. The monoisotopic (exact) mass is 417 g/mol. The van der Waals surface area contributed by atoms with Gasteiger partial charge < -0.3 is 0 Å². The van der Waals surface area contributed by atoms with Crippen LogP contribution in [-0.2, 0) is 0 Å². The number of nitrogens with zero attached hydrogens (tertiary/aromatic N) is 1. The Hall–Kier alpha value is -1.63. The lowest BCUT2D eigenvalue weighted by molar-refractivity contribution is 0.303. The van der Waals surface area contributed by atoms with E-state index in [0.717, 1.165) is 29.4 Å². The average Bonchev–Trinajstić information content (AvgIpc) is 2.85. The molecule has 2 fully saturated rings. The van der Waals surface area contributed by atoms with Crippen LogP contribution in [0.2, 0.25) is 0 Å². The molecule has 1 aromatic carbocycles. The molecule has 2 saturated carbocycles.